The molecule has 0 aliphatic rings. The normalized spacial score (nSPS) is 10.0. The Morgan fingerprint density at radius 3 is 2.88 bits per heavy atom. The monoisotopic (exact) mass is 332 g/mol. The molecule has 2 heterocycles. The summed E-state index contributed by atoms with van der Waals surface area (Å²) in [7, 11) is 0. The van der Waals surface area contributed by atoms with E-state index in [0.29, 0.717) is 30.0 Å². The second kappa shape index (κ2) is 7.79. The summed E-state index contributed by atoms with van der Waals surface area (Å²) in [5.41, 5.74) is 2.90. The van der Waals surface area contributed by atoms with Crippen LogP contribution in [-0.4, -0.2) is 24.0 Å². The van der Waals surface area contributed by atoms with Crippen LogP contribution >= 0.6 is 0 Å². The zero-order valence-electron chi connectivity index (χ0n) is 13.4. The molecule has 0 radical (unpaired) electrons. The molecule has 1 aromatic carbocycles. The first-order valence-electron chi connectivity index (χ1n) is 7.78. The average molecular weight is 332 g/mol. The standard InChI is InChI=1S/C19H16N4O2/c20-12-16-5-2-7-21-18(16)22-8-9-23-19(24)15-4-1-3-14(11-15)17-6-10-25-13-17/h1-7,10-11,13H,8-9H2,(H,21,22)(H,23,24). The quantitative estimate of drug-likeness (QED) is 0.677. The highest BCUT2D eigenvalue weighted by atomic mass is 16.3. The van der Waals surface area contributed by atoms with Crippen molar-refractivity contribution in [3.8, 4) is 17.2 Å². The molecular formula is C19H16N4O2. The van der Waals surface area contributed by atoms with Crippen LogP contribution < -0.4 is 10.6 Å². The number of hydrogen-bond acceptors (Lipinski definition) is 5. The highest BCUT2D eigenvalue weighted by molar-refractivity contribution is 5.95. The molecule has 0 fully saturated rings. The van der Waals surface area contributed by atoms with Crippen LogP contribution in [0.25, 0.3) is 11.1 Å². The largest absolute Gasteiger partial charge is 0.472 e. The minimum absolute atomic E-state index is 0.159. The molecule has 3 rings (SSSR count). The zero-order valence-corrected chi connectivity index (χ0v) is 13.4. The van der Waals surface area contributed by atoms with Gasteiger partial charge < -0.3 is 15.1 Å². The molecule has 6 heteroatoms. The van der Waals surface area contributed by atoms with E-state index in [2.05, 4.69) is 21.7 Å². The maximum absolute atomic E-state index is 12.3. The lowest BCUT2D eigenvalue weighted by atomic mass is 10.1. The Morgan fingerprint density at radius 2 is 2.08 bits per heavy atom. The molecule has 0 saturated carbocycles. The Hall–Kier alpha value is -3.59. The zero-order chi connectivity index (χ0) is 17.5. The third kappa shape index (κ3) is 4.03. The molecule has 0 aliphatic heterocycles. The number of aromatic nitrogens is 1. The molecule has 2 N–H and O–H groups in total. The molecule has 3 aromatic rings. The third-order valence-corrected chi connectivity index (χ3v) is 3.61. The fourth-order valence-corrected chi connectivity index (χ4v) is 2.36. The molecule has 25 heavy (non-hydrogen) atoms. The molecule has 0 unspecified atom stereocenters. The predicted octanol–water partition coefficient (Wildman–Crippen LogP) is 3.06. The van der Waals surface area contributed by atoms with Crippen molar-refractivity contribution in [1.29, 1.82) is 5.26 Å². The maximum Gasteiger partial charge on any atom is 0.251 e. The van der Waals surface area contributed by atoms with Crippen molar-refractivity contribution in [2.24, 2.45) is 0 Å². The van der Waals surface area contributed by atoms with Crippen molar-refractivity contribution >= 4 is 11.7 Å². The van der Waals surface area contributed by atoms with Gasteiger partial charge in [0.25, 0.3) is 5.91 Å². The molecule has 0 saturated heterocycles. The van der Waals surface area contributed by atoms with E-state index in [1.807, 2.05) is 24.3 Å². The van der Waals surface area contributed by atoms with E-state index in [1.54, 1.807) is 36.9 Å². The van der Waals surface area contributed by atoms with E-state index >= 15 is 0 Å². The summed E-state index contributed by atoms with van der Waals surface area (Å²) < 4.78 is 5.07. The summed E-state index contributed by atoms with van der Waals surface area (Å²) in [4.78, 5) is 16.4. The van der Waals surface area contributed by atoms with Crippen LogP contribution in [0.15, 0.2) is 65.6 Å². The summed E-state index contributed by atoms with van der Waals surface area (Å²) in [6.45, 7) is 0.884. The molecule has 2 aromatic heterocycles. The van der Waals surface area contributed by atoms with Gasteiger partial charge in [-0.1, -0.05) is 12.1 Å². The predicted molar refractivity (Wildman–Crippen MR) is 93.9 cm³/mol. The Balaban J connectivity index is 1.55. The van der Waals surface area contributed by atoms with E-state index < -0.39 is 0 Å². The number of amides is 1. The van der Waals surface area contributed by atoms with Crippen molar-refractivity contribution < 1.29 is 9.21 Å². The van der Waals surface area contributed by atoms with Crippen molar-refractivity contribution in [2.75, 3.05) is 18.4 Å². The van der Waals surface area contributed by atoms with Crippen LogP contribution in [0.1, 0.15) is 15.9 Å². The topological polar surface area (TPSA) is 91.0 Å². The number of nitrogens with one attached hydrogen (secondary N) is 2. The second-order valence-corrected chi connectivity index (χ2v) is 5.29. The molecule has 0 atom stereocenters. The molecule has 6 nitrogen and oxygen atoms in total. The Labute approximate surface area is 145 Å². The maximum atomic E-state index is 12.3. The van der Waals surface area contributed by atoms with Crippen LogP contribution in [0.4, 0.5) is 5.82 Å². The second-order valence-electron chi connectivity index (χ2n) is 5.29. The fourth-order valence-electron chi connectivity index (χ4n) is 2.36. The van der Waals surface area contributed by atoms with Crippen LogP contribution in [0.3, 0.4) is 0 Å². The van der Waals surface area contributed by atoms with Gasteiger partial charge in [-0.2, -0.15) is 5.26 Å². The number of carbonyl (C=O) groups excluding carboxylic acids is 1. The van der Waals surface area contributed by atoms with E-state index in [1.165, 1.54) is 0 Å². The first kappa shape index (κ1) is 16.3. The number of carbonyl (C=O) groups is 1. The summed E-state index contributed by atoms with van der Waals surface area (Å²) in [6, 6.07) is 14.7. The molecular weight excluding hydrogens is 316 g/mol. The highest BCUT2D eigenvalue weighted by Crippen LogP contribution is 2.20. The lowest BCUT2D eigenvalue weighted by Crippen LogP contribution is -2.29. The van der Waals surface area contributed by atoms with E-state index in [9.17, 15) is 4.79 Å². The first-order chi connectivity index (χ1) is 12.3. The fraction of sp³-hybridized carbons (Fsp3) is 0.105. The number of nitriles is 1. The van der Waals surface area contributed by atoms with Crippen LogP contribution in [0.5, 0.6) is 0 Å². The van der Waals surface area contributed by atoms with Gasteiger partial charge >= 0.3 is 0 Å². The van der Waals surface area contributed by atoms with Gasteiger partial charge in [-0.05, 0) is 35.9 Å². The Kier molecular flexibility index (Phi) is 5.07. The summed E-state index contributed by atoms with van der Waals surface area (Å²) >= 11 is 0. The van der Waals surface area contributed by atoms with Crippen molar-refractivity contribution in [3.05, 3.63) is 72.3 Å². The lowest BCUT2D eigenvalue weighted by Gasteiger charge is -2.09. The van der Waals surface area contributed by atoms with Crippen molar-refractivity contribution in [3.63, 3.8) is 0 Å². The van der Waals surface area contributed by atoms with Crippen molar-refractivity contribution in [2.45, 2.75) is 0 Å². The molecule has 124 valence electrons. The van der Waals surface area contributed by atoms with E-state index in [4.69, 9.17) is 9.68 Å². The van der Waals surface area contributed by atoms with Gasteiger partial charge in [0.1, 0.15) is 11.9 Å². The summed E-state index contributed by atoms with van der Waals surface area (Å²) in [5, 5.41) is 14.9. The van der Waals surface area contributed by atoms with Crippen LogP contribution in [0, 0.1) is 11.3 Å². The molecule has 0 spiro atoms. The van der Waals surface area contributed by atoms with E-state index in [-0.39, 0.29) is 5.91 Å². The van der Waals surface area contributed by atoms with E-state index in [0.717, 1.165) is 11.1 Å². The minimum atomic E-state index is -0.159. The third-order valence-electron chi connectivity index (χ3n) is 3.61. The van der Waals surface area contributed by atoms with Gasteiger partial charge in [0.05, 0.1) is 18.1 Å². The summed E-state index contributed by atoms with van der Waals surface area (Å²) in [5.74, 6) is 0.356. The minimum Gasteiger partial charge on any atom is -0.472 e. The van der Waals surface area contributed by atoms with Crippen LogP contribution in [-0.2, 0) is 0 Å². The van der Waals surface area contributed by atoms with Gasteiger partial charge in [-0.3, -0.25) is 4.79 Å². The number of nitrogens with zero attached hydrogens (tertiary/aromatic N) is 2. The number of furan rings is 1. The SMILES string of the molecule is N#Cc1cccnc1NCCNC(=O)c1cccc(-c2ccoc2)c1. The average Bonchev–Trinajstić information content (AvgIpc) is 3.20. The number of pyridine rings is 1. The smallest absolute Gasteiger partial charge is 0.251 e. The van der Waals surface area contributed by atoms with Gasteiger partial charge in [0.2, 0.25) is 0 Å². The summed E-state index contributed by atoms with van der Waals surface area (Å²) in [6.07, 6.45) is 4.85. The van der Waals surface area contributed by atoms with Crippen molar-refractivity contribution in [1.82, 2.24) is 10.3 Å². The van der Waals surface area contributed by atoms with Gasteiger partial charge in [0, 0.05) is 30.4 Å². The number of hydrogen-bond donors (Lipinski definition) is 2. The molecule has 1 amide bonds. The van der Waals surface area contributed by atoms with Gasteiger partial charge in [-0.15, -0.1) is 0 Å². The Bertz CT molecular complexity index is 898. The van der Waals surface area contributed by atoms with Crippen LogP contribution in [0.2, 0.25) is 0 Å². The number of rotatable bonds is 6. The molecule has 0 bridgehead atoms. The molecule has 0 aliphatic carbocycles. The number of benzene rings is 1. The van der Waals surface area contributed by atoms with Gasteiger partial charge in [-0.25, -0.2) is 4.98 Å². The Morgan fingerprint density at radius 1 is 1.16 bits per heavy atom. The number of anilines is 1. The first-order valence-corrected chi connectivity index (χ1v) is 7.78. The van der Waals surface area contributed by atoms with Gasteiger partial charge in [0.15, 0.2) is 0 Å². The highest BCUT2D eigenvalue weighted by Gasteiger charge is 2.07. The lowest BCUT2D eigenvalue weighted by molar-refractivity contribution is 0.0955.